The minimum atomic E-state index is 0.0991. The fourth-order valence-corrected chi connectivity index (χ4v) is 18.8. The van der Waals surface area contributed by atoms with Gasteiger partial charge in [0, 0.05) is 106 Å². The van der Waals surface area contributed by atoms with Gasteiger partial charge in [-0.1, -0.05) is 416 Å². The number of benzene rings is 19. The standard InChI is InChI=1S/C44H28N2.C42H32N2.C18H16N2.C12H9Br/c1-5-19-33-27(13-1)31-17-9-11-23-39(31)45-41-25-38-30-16-4-8-22-36(30)44-34-20-6-2-14-28(34)32-18-10-12-24-40(32)46(44)42(38)26-37(41)29-15-3-7-21-35(29)43(33)45;1-5-17-31(18-6-1)35-25-13-15-27-39(35)43-41-29-38(34-23-11-4-12-24-34)42(30-37(41)33-21-9-3-10-22-33)44-40-28-16-14-26-36(40)32-19-7-2-8-20-32;19-17-12-16(14-9-5-2-6-10-14)18(20)11-15(17)13-7-3-1-4-8-13;13-12-9-5-4-8-11(12)10-6-2-1-3-7-10/h1-26,43-44H;1-30,43-44H;1-12H,19-20H2;1-9H. The first kappa shape index (κ1) is 76.2. The minimum absolute atomic E-state index is 0.0991. The van der Waals surface area contributed by atoms with Gasteiger partial charge in [-0.3, -0.25) is 0 Å². The summed E-state index contributed by atoms with van der Waals surface area (Å²) in [5.41, 5.74) is 54.8. The van der Waals surface area contributed by atoms with Crippen LogP contribution in [0.1, 0.15) is 34.3 Å². The Kier molecular flexibility index (Phi) is 21.1. The number of rotatable bonds is 11. The predicted molar refractivity (Wildman–Crippen MR) is 522 cm³/mol. The van der Waals surface area contributed by atoms with Gasteiger partial charge in [-0.15, -0.1) is 0 Å². The molecule has 0 fully saturated rings. The van der Waals surface area contributed by atoms with Crippen molar-refractivity contribution in [2.45, 2.75) is 12.1 Å². The van der Waals surface area contributed by atoms with Crippen molar-refractivity contribution in [2.24, 2.45) is 0 Å². The van der Waals surface area contributed by atoms with Crippen LogP contribution in [-0.4, -0.2) is 0 Å². The molecule has 4 aliphatic rings. The zero-order valence-electron chi connectivity index (χ0n) is 67.5. The van der Waals surface area contributed by atoms with E-state index in [0.29, 0.717) is 0 Å². The van der Waals surface area contributed by atoms with Crippen LogP contribution in [0.15, 0.2) is 472 Å². The minimum Gasteiger partial charge on any atom is -0.398 e. The molecule has 6 N–H and O–H groups in total. The highest BCUT2D eigenvalue weighted by atomic mass is 79.9. The maximum atomic E-state index is 6.20. The molecule has 0 aliphatic carbocycles. The van der Waals surface area contributed by atoms with E-state index in [4.69, 9.17) is 11.5 Å². The lowest BCUT2D eigenvalue weighted by molar-refractivity contribution is 0.793. The number of anilines is 10. The van der Waals surface area contributed by atoms with E-state index in [1.165, 1.54) is 112 Å². The fourth-order valence-electron chi connectivity index (χ4n) is 18.3. The van der Waals surface area contributed by atoms with Crippen LogP contribution in [0.25, 0.3) is 122 Å². The van der Waals surface area contributed by atoms with Gasteiger partial charge in [-0.05, 0) is 156 Å². The summed E-state index contributed by atoms with van der Waals surface area (Å²) < 4.78 is 1.14. The van der Waals surface area contributed by atoms with Gasteiger partial charge >= 0.3 is 0 Å². The van der Waals surface area contributed by atoms with Gasteiger partial charge in [-0.25, -0.2) is 0 Å². The largest absolute Gasteiger partial charge is 0.398 e. The molecular formula is C116H85BrN6. The average molecular weight is 1640 g/mol. The molecule has 2 unspecified atom stereocenters. The molecule has 6 nitrogen and oxygen atoms in total. The molecule has 0 radical (unpaired) electrons. The predicted octanol–water partition coefficient (Wildman–Crippen LogP) is 31.6. The Bertz CT molecular complexity index is 6660. The summed E-state index contributed by atoms with van der Waals surface area (Å²) in [6, 6.07) is 166. The summed E-state index contributed by atoms with van der Waals surface area (Å²) in [6.45, 7) is 0. The van der Waals surface area contributed by atoms with Gasteiger partial charge in [0.2, 0.25) is 0 Å². The maximum Gasteiger partial charge on any atom is 0.0857 e. The van der Waals surface area contributed by atoms with Crippen molar-refractivity contribution in [3.05, 3.63) is 494 Å². The molecule has 0 bridgehead atoms. The molecule has 0 saturated heterocycles. The van der Waals surface area contributed by atoms with Crippen molar-refractivity contribution in [1.29, 1.82) is 0 Å². The summed E-state index contributed by atoms with van der Waals surface area (Å²) >= 11 is 3.53. The molecule has 0 saturated carbocycles. The lowest BCUT2D eigenvalue weighted by atomic mass is 9.75. The molecule has 586 valence electrons. The fraction of sp³-hybridized carbons (Fsp3) is 0.0172. The van der Waals surface area contributed by atoms with Gasteiger partial charge in [0.15, 0.2) is 0 Å². The Morgan fingerprint density at radius 3 is 0.740 bits per heavy atom. The molecule has 0 spiro atoms. The highest BCUT2D eigenvalue weighted by molar-refractivity contribution is 9.10. The summed E-state index contributed by atoms with van der Waals surface area (Å²) in [7, 11) is 0. The molecule has 0 aromatic heterocycles. The number of nitrogen functional groups attached to an aromatic ring is 2. The van der Waals surface area contributed by atoms with Crippen molar-refractivity contribution in [2.75, 3.05) is 31.9 Å². The summed E-state index contributed by atoms with van der Waals surface area (Å²) in [6.07, 6.45) is 0. The lowest BCUT2D eigenvalue weighted by Gasteiger charge is -2.48. The first-order chi connectivity index (χ1) is 60.8. The summed E-state index contributed by atoms with van der Waals surface area (Å²) in [5.74, 6) is 0. The second kappa shape index (κ2) is 34.1. The lowest BCUT2D eigenvalue weighted by Crippen LogP contribution is -2.34. The summed E-state index contributed by atoms with van der Waals surface area (Å²) in [5, 5.41) is 7.70. The first-order valence-corrected chi connectivity index (χ1v) is 42.7. The monoisotopic (exact) mass is 1640 g/mol. The Morgan fingerprint density at radius 2 is 0.415 bits per heavy atom. The van der Waals surface area contributed by atoms with Crippen molar-refractivity contribution in [3.8, 4) is 122 Å². The number of halogens is 1. The third-order valence-electron chi connectivity index (χ3n) is 23.9. The first-order valence-electron chi connectivity index (χ1n) is 41.9. The van der Waals surface area contributed by atoms with E-state index in [0.717, 1.165) is 94.2 Å². The topological polar surface area (TPSA) is 82.6 Å². The normalized spacial score (nSPS) is 13.0. The molecule has 2 atom stereocenters. The Morgan fingerprint density at radius 1 is 0.179 bits per heavy atom. The van der Waals surface area contributed by atoms with Crippen LogP contribution in [0, 0.1) is 0 Å². The molecule has 123 heavy (non-hydrogen) atoms. The zero-order valence-corrected chi connectivity index (χ0v) is 69.1. The van der Waals surface area contributed by atoms with Crippen molar-refractivity contribution in [3.63, 3.8) is 0 Å². The zero-order chi connectivity index (χ0) is 82.5. The van der Waals surface area contributed by atoms with Crippen molar-refractivity contribution >= 4 is 72.8 Å². The highest BCUT2D eigenvalue weighted by Gasteiger charge is 2.43. The average Bonchev–Trinajstić information content (AvgIpc) is 0.690. The molecule has 0 amide bonds. The van der Waals surface area contributed by atoms with Crippen LogP contribution in [0.5, 0.6) is 0 Å². The molecule has 4 aliphatic heterocycles. The van der Waals surface area contributed by atoms with E-state index in [2.05, 4.69) is 412 Å². The van der Waals surface area contributed by atoms with Crippen molar-refractivity contribution in [1.82, 2.24) is 0 Å². The Labute approximate surface area is 727 Å². The van der Waals surface area contributed by atoms with E-state index in [1.807, 2.05) is 91.0 Å². The van der Waals surface area contributed by atoms with Gasteiger partial charge in [0.05, 0.1) is 23.5 Å². The van der Waals surface area contributed by atoms with Gasteiger partial charge in [0.25, 0.3) is 0 Å². The number of fused-ring (bicyclic) bond motifs is 22. The van der Waals surface area contributed by atoms with Gasteiger partial charge in [-0.2, -0.15) is 0 Å². The second-order valence-electron chi connectivity index (χ2n) is 31.2. The SMILES string of the molecule is Brc1ccccc1-c1ccccc1.Nc1cc(-c2ccccc2)c(N)cc1-c1ccccc1.c1ccc(-c2ccccc2Nc2cc(-c3ccccc3)c(Nc3ccccc3-c3ccccc3)cc2-c2ccccc2)cc1.c1ccc2c(c1)-c1ccccc1N1c3cc4c(cc3-c3ccccc3C21)N1c2ccccc2-c2ccccc2C1c1ccccc1-4. The number of hydrogen-bond donors (Lipinski definition) is 4. The molecule has 7 heteroatoms. The van der Waals surface area contributed by atoms with Gasteiger partial charge in [0.1, 0.15) is 0 Å². The third kappa shape index (κ3) is 14.9. The van der Waals surface area contributed by atoms with Crippen LogP contribution in [0.2, 0.25) is 0 Å². The highest BCUT2D eigenvalue weighted by Crippen LogP contribution is 2.63. The van der Waals surface area contributed by atoms with E-state index in [-0.39, 0.29) is 12.1 Å². The Balaban J connectivity index is 0.000000115. The van der Waals surface area contributed by atoms with E-state index in [1.54, 1.807) is 0 Å². The van der Waals surface area contributed by atoms with E-state index < -0.39 is 0 Å². The van der Waals surface area contributed by atoms with Crippen molar-refractivity contribution < 1.29 is 0 Å². The Hall–Kier alpha value is -15.5. The number of nitrogens with zero attached hydrogens (tertiary/aromatic N) is 2. The van der Waals surface area contributed by atoms with E-state index in [9.17, 15) is 0 Å². The smallest absolute Gasteiger partial charge is 0.0857 e. The summed E-state index contributed by atoms with van der Waals surface area (Å²) in [4.78, 5) is 5.23. The number of hydrogen-bond acceptors (Lipinski definition) is 6. The van der Waals surface area contributed by atoms with Crippen LogP contribution < -0.4 is 31.9 Å². The molecule has 4 heterocycles. The molecular weight excluding hydrogens is 1560 g/mol. The van der Waals surface area contributed by atoms with Crippen LogP contribution in [0.3, 0.4) is 0 Å². The maximum absolute atomic E-state index is 6.20. The molecule has 19 aromatic carbocycles. The van der Waals surface area contributed by atoms with Crippen LogP contribution >= 0.6 is 15.9 Å². The third-order valence-corrected chi connectivity index (χ3v) is 24.6. The molecule has 23 rings (SSSR count). The number of nitrogens with two attached hydrogens (primary N) is 2. The number of para-hydroxylation sites is 4. The van der Waals surface area contributed by atoms with E-state index >= 15 is 0 Å². The van der Waals surface area contributed by atoms with Crippen LogP contribution in [-0.2, 0) is 0 Å². The molecule has 19 aromatic rings. The van der Waals surface area contributed by atoms with Crippen LogP contribution in [0.4, 0.5) is 56.9 Å². The number of nitrogens with one attached hydrogen (secondary N) is 2. The quantitative estimate of drug-likeness (QED) is 0.0966. The second-order valence-corrected chi connectivity index (χ2v) is 32.0. The van der Waals surface area contributed by atoms with Gasteiger partial charge < -0.3 is 31.9 Å².